The zero-order valence-electron chi connectivity index (χ0n) is 8.86. The number of carboxylic acid groups (broad SMARTS) is 1. The molecule has 0 unspecified atom stereocenters. The van der Waals surface area contributed by atoms with Crippen LogP contribution in [0.15, 0.2) is 6.07 Å². The molecule has 1 N–H and O–H groups in total. The third-order valence-corrected chi connectivity index (χ3v) is 2.55. The van der Waals surface area contributed by atoms with E-state index in [4.69, 9.17) is 14.6 Å². The fourth-order valence-electron chi connectivity index (χ4n) is 1.90. The molecule has 2 rings (SSSR count). The maximum Gasteiger partial charge on any atom is 0.339 e. The average molecular weight is 222 g/mol. The smallest absolute Gasteiger partial charge is 0.339 e. The molecule has 1 aliphatic heterocycles. The Morgan fingerprint density at radius 1 is 1.56 bits per heavy atom. The summed E-state index contributed by atoms with van der Waals surface area (Å²) >= 11 is 0. The number of hydrogen-bond donors (Lipinski definition) is 1. The van der Waals surface area contributed by atoms with Gasteiger partial charge in [0, 0.05) is 5.56 Å². The number of hydrogen-bond acceptors (Lipinski definition) is 4. The Balaban J connectivity index is 2.77. The van der Waals surface area contributed by atoms with E-state index in [0.29, 0.717) is 16.9 Å². The molecule has 0 spiro atoms. The fourth-order valence-corrected chi connectivity index (χ4v) is 1.90. The van der Waals surface area contributed by atoms with E-state index in [9.17, 15) is 9.59 Å². The molecule has 0 bridgehead atoms. The molecule has 1 heterocycles. The van der Waals surface area contributed by atoms with Crippen LogP contribution in [-0.2, 0) is 11.3 Å². The van der Waals surface area contributed by atoms with Gasteiger partial charge in [0.05, 0.1) is 18.2 Å². The molecule has 16 heavy (non-hydrogen) atoms. The lowest BCUT2D eigenvalue weighted by atomic mass is 9.98. The summed E-state index contributed by atoms with van der Waals surface area (Å²) in [6.07, 6.45) is 0. The summed E-state index contributed by atoms with van der Waals surface area (Å²) in [5.41, 5.74) is 1.27. The summed E-state index contributed by atoms with van der Waals surface area (Å²) in [7, 11) is 1.48. The van der Waals surface area contributed by atoms with Crippen molar-refractivity contribution in [2.24, 2.45) is 0 Å². The Labute approximate surface area is 91.6 Å². The van der Waals surface area contributed by atoms with Crippen molar-refractivity contribution in [3.8, 4) is 5.75 Å². The standard InChI is InChI=1S/C11H10O5/c1-5-3-6(10(12)13)8-7(9(5)15-2)4-16-11(8)14/h3H,4H2,1-2H3,(H,12,13). The average Bonchev–Trinajstić information content (AvgIpc) is 2.59. The van der Waals surface area contributed by atoms with Gasteiger partial charge in [-0.05, 0) is 18.6 Å². The summed E-state index contributed by atoms with van der Waals surface area (Å²) in [5, 5.41) is 9.01. The van der Waals surface area contributed by atoms with Gasteiger partial charge < -0.3 is 14.6 Å². The Morgan fingerprint density at radius 3 is 2.81 bits per heavy atom. The second-order valence-electron chi connectivity index (χ2n) is 3.51. The first-order valence-electron chi connectivity index (χ1n) is 4.67. The van der Waals surface area contributed by atoms with Crippen LogP contribution in [0.1, 0.15) is 31.8 Å². The molecular weight excluding hydrogens is 212 g/mol. The number of aromatic carboxylic acids is 1. The molecule has 0 amide bonds. The van der Waals surface area contributed by atoms with Gasteiger partial charge in [0.15, 0.2) is 0 Å². The zero-order valence-corrected chi connectivity index (χ0v) is 8.86. The molecule has 0 radical (unpaired) electrons. The Morgan fingerprint density at radius 2 is 2.25 bits per heavy atom. The molecule has 0 saturated heterocycles. The van der Waals surface area contributed by atoms with Crippen LogP contribution in [0.4, 0.5) is 0 Å². The van der Waals surface area contributed by atoms with Gasteiger partial charge in [0.1, 0.15) is 12.4 Å². The Kier molecular flexibility index (Phi) is 2.30. The molecule has 0 atom stereocenters. The van der Waals surface area contributed by atoms with Crippen LogP contribution in [0.2, 0.25) is 0 Å². The number of benzene rings is 1. The predicted octanol–water partition coefficient (Wildman–Crippen LogP) is 1.37. The number of fused-ring (bicyclic) bond motifs is 1. The maximum absolute atomic E-state index is 11.4. The molecular formula is C11H10O5. The van der Waals surface area contributed by atoms with Gasteiger partial charge in [-0.15, -0.1) is 0 Å². The number of rotatable bonds is 2. The molecule has 5 heteroatoms. The molecule has 1 aromatic rings. The highest BCUT2D eigenvalue weighted by Gasteiger charge is 2.31. The van der Waals surface area contributed by atoms with Gasteiger partial charge in [-0.25, -0.2) is 9.59 Å². The largest absolute Gasteiger partial charge is 0.496 e. The number of carboxylic acids is 1. The van der Waals surface area contributed by atoms with E-state index in [2.05, 4.69) is 0 Å². The number of esters is 1. The molecule has 84 valence electrons. The highest BCUT2D eigenvalue weighted by molar-refractivity contribution is 6.05. The lowest BCUT2D eigenvalue weighted by Crippen LogP contribution is -2.08. The van der Waals surface area contributed by atoms with Gasteiger partial charge in [-0.1, -0.05) is 0 Å². The lowest BCUT2D eigenvalue weighted by Gasteiger charge is -2.10. The van der Waals surface area contributed by atoms with E-state index >= 15 is 0 Å². The third kappa shape index (κ3) is 1.32. The van der Waals surface area contributed by atoms with Gasteiger partial charge in [0.25, 0.3) is 0 Å². The SMILES string of the molecule is COc1c(C)cc(C(=O)O)c2c1COC2=O. The van der Waals surface area contributed by atoms with Crippen LogP contribution in [0.3, 0.4) is 0 Å². The summed E-state index contributed by atoms with van der Waals surface area (Å²) in [5.74, 6) is -1.22. The minimum atomic E-state index is -1.14. The summed E-state index contributed by atoms with van der Waals surface area (Å²) in [4.78, 5) is 22.4. The quantitative estimate of drug-likeness (QED) is 0.765. The van der Waals surface area contributed by atoms with Crippen molar-refractivity contribution >= 4 is 11.9 Å². The van der Waals surface area contributed by atoms with Crippen LogP contribution in [0, 0.1) is 6.92 Å². The van der Waals surface area contributed by atoms with Gasteiger partial charge in [-0.2, -0.15) is 0 Å². The second-order valence-corrected chi connectivity index (χ2v) is 3.51. The Bertz CT molecular complexity index is 490. The topological polar surface area (TPSA) is 72.8 Å². The highest BCUT2D eigenvalue weighted by atomic mass is 16.5. The van der Waals surface area contributed by atoms with Crippen LogP contribution >= 0.6 is 0 Å². The van der Waals surface area contributed by atoms with E-state index in [1.807, 2.05) is 0 Å². The monoisotopic (exact) mass is 222 g/mol. The molecule has 0 fully saturated rings. The van der Waals surface area contributed by atoms with Gasteiger partial charge >= 0.3 is 11.9 Å². The molecule has 5 nitrogen and oxygen atoms in total. The maximum atomic E-state index is 11.4. The predicted molar refractivity (Wildman–Crippen MR) is 53.8 cm³/mol. The number of aryl methyl sites for hydroxylation is 1. The minimum Gasteiger partial charge on any atom is -0.496 e. The van der Waals surface area contributed by atoms with E-state index in [-0.39, 0.29) is 17.7 Å². The number of carbonyl (C=O) groups excluding carboxylic acids is 1. The van der Waals surface area contributed by atoms with E-state index in [1.54, 1.807) is 6.92 Å². The lowest BCUT2D eigenvalue weighted by molar-refractivity contribution is 0.0526. The van der Waals surface area contributed by atoms with E-state index in [1.165, 1.54) is 13.2 Å². The van der Waals surface area contributed by atoms with Crippen LogP contribution in [0.5, 0.6) is 5.75 Å². The van der Waals surface area contributed by atoms with Gasteiger partial charge in [0.2, 0.25) is 0 Å². The molecule has 1 aliphatic rings. The van der Waals surface area contributed by atoms with Crippen molar-refractivity contribution in [1.82, 2.24) is 0 Å². The van der Waals surface area contributed by atoms with Crippen LogP contribution in [-0.4, -0.2) is 24.2 Å². The van der Waals surface area contributed by atoms with E-state index < -0.39 is 11.9 Å². The molecule has 0 aliphatic carbocycles. The first kappa shape index (κ1) is 10.5. The van der Waals surface area contributed by atoms with Crippen molar-refractivity contribution in [2.45, 2.75) is 13.5 Å². The Hall–Kier alpha value is -2.04. The summed E-state index contributed by atoms with van der Waals surface area (Å²) in [6.45, 7) is 1.80. The second kappa shape index (κ2) is 3.52. The normalized spacial score (nSPS) is 13.2. The molecule has 1 aromatic carbocycles. The van der Waals surface area contributed by atoms with Crippen molar-refractivity contribution in [1.29, 1.82) is 0 Å². The number of carbonyl (C=O) groups is 2. The number of methoxy groups -OCH3 is 1. The zero-order chi connectivity index (χ0) is 11.9. The summed E-state index contributed by atoms with van der Waals surface area (Å²) < 4.78 is 9.98. The van der Waals surface area contributed by atoms with Crippen LogP contribution in [0.25, 0.3) is 0 Å². The number of ether oxygens (including phenoxy) is 2. The van der Waals surface area contributed by atoms with Crippen molar-refractivity contribution < 1.29 is 24.2 Å². The highest BCUT2D eigenvalue weighted by Crippen LogP contribution is 2.34. The third-order valence-electron chi connectivity index (χ3n) is 2.55. The van der Waals surface area contributed by atoms with Crippen LogP contribution < -0.4 is 4.74 Å². The van der Waals surface area contributed by atoms with Crippen molar-refractivity contribution in [3.63, 3.8) is 0 Å². The van der Waals surface area contributed by atoms with E-state index in [0.717, 1.165) is 0 Å². The first-order chi connectivity index (χ1) is 7.56. The summed E-state index contributed by atoms with van der Waals surface area (Å²) in [6, 6.07) is 1.42. The molecule has 0 aromatic heterocycles. The molecule has 0 saturated carbocycles. The minimum absolute atomic E-state index is 0.0317. The van der Waals surface area contributed by atoms with Crippen molar-refractivity contribution in [3.05, 3.63) is 28.3 Å². The number of cyclic esters (lactones) is 1. The fraction of sp³-hybridized carbons (Fsp3) is 0.273. The first-order valence-corrected chi connectivity index (χ1v) is 4.67. The van der Waals surface area contributed by atoms with Crippen molar-refractivity contribution in [2.75, 3.05) is 7.11 Å². The van der Waals surface area contributed by atoms with Gasteiger partial charge in [-0.3, -0.25) is 0 Å².